The predicted molar refractivity (Wildman–Crippen MR) is 73.9 cm³/mol. The van der Waals surface area contributed by atoms with E-state index < -0.39 is 0 Å². The van der Waals surface area contributed by atoms with Crippen molar-refractivity contribution in [3.05, 3.63) is 0 Å². The molecule has 0 spiro atoms. The first-order valence-corrected chi connectivity index (χ1v) is 8.03. The summed E-state index contributed by atoms with van der Waals surface area (Å²) in [6.07, 6.45) is 5.35. The van der Waals surface area contributed by atoms with E-state index in [4.69, 9.17) is 0 Å². The summed E-state index contributed by atoms with van der Waals surface area (Å²) in [7, 11) is 0. The topological polar surface area (TPSA) is 52.7 Å². The van der Waals surface area contributed by atoms with Gasteiger partial charge in [-0.15, -0.1) is 0 Å². The molecule has 2 heterocycles. The van der Waals surface area contributed by atoms with Gasteiger partial charge in [-0.25, -0.2) is 0 Å². The van der Waals surface area contributed by atoms with Crippen molar-refractivity contribution in [3.63, 3.8) is 0 Å². The van der Waals surface area contributed by atoms with Gasteiger partial charge in [-0.05, 0) is 37.0 Å². The fourth-order valence-electron chi connectivity index (χ4n) is 4.83. The molecule has 0 aromatic carbocycles. The van der Waals surface area contributed by atoms with E-state index in [9.17, 15) is 9.59 Å². The molecule has 0 aromatic rings. The smallest absolute Gasteiger partial charge is 0.312 e. The zero-order valence-corrected chi connectivity index (χ0v) is 11.9. The van der Waals surface area contributed by atoms with Crippen molar-refractivity contribution >= 4 is 11.8 Å². The van der Waals surface area contributed by atoms with Gasteiger partial charge in [0.15, 0.2) is 0 Å². The Labute approximate surface area is 119 Å². The second-order valence-corrected chi connectivity index (χ2v) is 7.00. The molecular formula is C15H23N3O2. The first-order valence-electron chi connectivity index (χ1n) is 8.03. The monoisotopic (exact) mass is 277 g/mol. The molecule has 2 saturated carbocycles. The van der Waals surface area contributed by atoms with E-state index in [1.165, 1.54) is 25.7 Å². The van der Waals surface area contributed by atoms with E-state index in [1.54, 1.807) is 4.90 Å². The first-order chi connectivity index (χ1) is 9.72. The molecule has 5 heteroatoms. The van der Waals surface area contributed by atoms with Crippen LogP contribution in [-0.4, -0.2) is 60.4 Å². The van der Waals surface area contributed by atoms with Gasteiger partial charge < -0.3 is 15.1 Å². The highest BCUT2D eigenvalue weighted by atomic mass is 16.2. The van der Waals surface area contributed by atoms with Crippen molar-refractivity contribution in [1.82, 2.24) is 15.1 Å². The average Bonchev–Trinajstić information content (AvgIpc) is 3.07. The van der Waals surface area contributed by atoms with E-state index in [0.29, 0.717) is 12.5 Å². The van der Waals surface area contributed by atoms with Crippen LogP contribution in [0, 0.1) is 17.8 Å². The number of piperazine rings is 2. The van der Waals surface area contributed by atoms with Crippen LogP contribution in [0.2, 0.25) is 0 Å². The molecule has 1 N–H and O–H groups in total. The number of amides is 2. The Kier molecular flexibility index (Phi) is 2.98. The van der Waals surface area contributed by atoms with Crippen LogP contribution in [0.25, 0.3) is 0 Å². The van der Waals surface area contributed by atoms with Gasteiger partial charge in [0.2, 0.25) is 0 Å². The molecule has 0 radical (unpaired) electrons. The summed E-state index contributed by atoms with van der Waals surface area (Å²) in [5.41, 5.74) is 0. The predicted octanol–water partition coefficient (Wildman–Crippen LogP) is 0.0652. The number of nitrogens with one attached hydrogen (secondary N) is 1. The lowest BCUT2D eigenvalue weighted by molar-refractivity contribution is -0.160. The number of carbonyl (C=O) groups is 2. The number of carbonyl (C=O) groups excluding carboxylic acids is 2. The summed E-state index contributed by atoms with van der Waals surface area (Å²) in [5, 5.41) is 3.33. The van der Waals surface area contributed by atoms with Gasteiger partial charge in [-0.1, -0.05) is 6.42 Å². The third kappa shape index (κ3) is 1.94. The minimum Gasteiger partial charge on any atom is -0.332 e. The highest BCUT2D eigenvalue weighted by Crippen LogP contribution is 2.48. The summed E-state index contributed by atoms with van der Waals surface area (Å²) in [5.74, 6) is 1.82. The molecule has 4 rings (SSSR count). The van der Waals surface area contributed by atoms with Crippen LogP contribution < -0.4 is 5.32 Å². The van der Waals surface area contributed by atoms with Gasteiger partial charge in [-0.3, -0.25) is 9.59 Å². The fourth-order valence-corrected chi connectivity index (χ4v) is 4.83. The largest absolute Gasteiger partial charge is 0.332 e. The molecule has 20 heavy (non-hydrogen) atoms. The Morgan fingerprint density at radius 1 is 1.15 bits per heavy atom. The number of hydrogen-bond acceptors (Lipinski definition) is 3. The van der Waals surface area contributed by atoms with Crippen LogP contribution in [0.3, 0.4) is 0 Å². The molecule has 2 aliphatic carbocycles. The van der Waals surface area contributed by atoms with Gasteiger partial charge >= 0.3 is 11.8 Å². The SMILES string of the molecule is O=C1C(=O)N2CCNCC2CN1CC1CC2CCC1C2. The van der Waals surface area contributed by atoms with Crippen LogP contribution >= 0.6 is 0 Å². The van der Waals surface area contributed by atoms with Crippen LogP contribution in [0.15, 0.2) is 0 Å². The quantitative estimate of drug-likeness (QED) is 0.727. The van der Waals surface area contributed by atoms with Crippen molar-refractivity contribution in [3.8, 4) is 0 Å². The van der Waals surface area contributed by atoms with Crippen molar-refractivity contribution in [2.75, 3.05) is 32.7 Å². The molecule has 4 fully saturated rings. The normalized spacial score (nSPS) is 40.4. The second kappa shape index (κ2) is 4.72. The second-order valence-electron chi connectivity index (χ2n) is 7.00. The molecule has 110 valence electrons. The first kappa shape index (κ1) is 12.6. The van der Waals surface area contributed by atoms with Crippen LogP contribution in [0.5, 0.6) is 0 Å². The van der Waals surface area contributed by atoms with Gasteiger partial charge in [0, 0.05) is 32.7 Å². The molecular weight excluding hydrogens is 254 g/mol. The third-order valence-corrected chi connectivity index (χ3v) is 5.85. The Bertz CT molecular complexity index is 439. The number of fused-ring (bicyclic) bond motifs is 3. The van der Waals surface area contributed by atoms with E-state index in [-0.39, 0.29) is 17.9 Å². The summed E-state index contributed by atoms with van der Waals surface area (Å²) in [6, 6.07) is 0.188. The molecule has 5 nitrogen and oxygen atoms in total. The van der Waals surface area contributed by atoms with Gasteiger partial charge in [0.25, 0.3) is 0 Å². The maximum Gasteiger partial charge on any atom is 0.312 e. The maximum absolute atomic E-state index is 12.3. The highest BCUT2D eigenvalue weighted by molar-refractivity contribution is 6.35. The van der Waals surface area contributed by atoms with E-state index in [1.807, 2.05) is 4.90 Å². The molecule has 4 aliphatic rings. The number of nitrogens with zero attached hydrogens (tertiary/aromatic N) is 2. The summed E-state index contributed by atoms with van der Waals surface area (Å²) in [6.45, 7) is 3.85. The lowest BCUT2D eigenvalue weighted by atomic mass is 9.88. The lowest BCUT2D eigenvalue weighted by Crippen LogP contribution is -2.66. The maximum atomic E-state index is 12.3. The Morgan fingerprint density at radius 3 is 2.80 bits per heavy atom. The summed E-state index contributed by atoms with van der Waals surface area (Å²) in [4.78, 5) is 28.1. The molecule has 2 amide bonds. The van der Waals surface area contributed by atoms with Gasteiger partial charge in [0.1, 0.15) is 0 Å². The van der Waals surface area contributed by atoms with Crippen molar-refractivity contribution < 1.29 is 9.59 Å². The summed E-state index contributed by atoms with van der Waals surface area (Å²) < 4.78 is 0. The van der Waals surface area contributed by atoms with Crippen molar-refractivity contribution in [2.45, 2.75) is 31.7 Å². The van der Waals surface area contributed by atoms with E-state index in [0.717, 1.165) is 38.0 Å². The van der Waals surface area contributed by atoms with E-state index >= 15 is 0 Å². The standard InChI is InChI=1S/C15H23N3O2/c19-14-15(20)18-4-3-16-7-13(18)9-17(14)8-12-6-10-1-2-11(12)5-10/h10-13,16H,1-9H2. The van der Waals surface area contributed by atoms with Gasteiger partial charge in [0.05, 0.1) is 6.04 Å². The van der Waals surface area contributed by atoms with Crippen LogP contribution in [-0.2, 0) is 9.59 Å². The van der Waals surface area contributed by atoms with Crippen molar-refractivity contribution in [2.24, 2.45) is 17.8 Å². The fraction of sp³-hybridized carbons (Fsp3) is 0.867. The average molecular weight is 277 g/mol. The Balaban J connectivity index is 1.45. The molecule has 2 saturated heterocycles. The van der Waals surface area contributed by atoms with Crippen LogP contribution in [0.4, 0.5) is 0 Å². The number of rotatable bonds is 2. The highest BCUT2D eigenvalue weighted by Gasteiger charge is 2.44. The van der Waals surface area contributed by atoms with Crippen LogP contribution in [0.1, 0.15) is 25.7 Å². The Hall–Kier alpha value is -1.10. The third-order valence-electron chi connectivity index (χ3n) is 5.85. The molecule has 2 aliphatic heterocycles. The number of hydrogen-bond donors (Lipinski definition) is 1. The lowest BCUT2D eigenvalue weighted by Gasteiger charge is -2.44. The zero-order chi connectivity index (χ0) is 13.7. The minimum atomic E-state index is -0.272. The molecule has 0 aromatic heterocycles. The van der Waals surface area contributed by atoms with E-state index in [2.05, 4.69) is 5.32 Å². The molecule has 2 bridgehead atoms. The minimum absolute atomic E-state index is 0.188. The summed E-state index contributed by atoms with van der Waals surface area (Å²) >= 11 is 0. The van der Waals surface area contributed by atoms with Crippen molar-refractivity contribution in [1.29, 1.82) is 0 Å². The Morgan fingerprint density at radius 2 is 2.05 bits per heavy atom. The molecule has 4 atom stereocenters. The van der Waals surface area contributed by atoms with Gasteiger partial charge in [-0.2, -0.15) is 0 Å². The zero-order valence-electron chi connectivity index (χ0n) is 11.9. The molecule has 4 unspecified atom stereocenters.